The molecule has 16 heavy (non-hydrogen) atoms. The zero-order valence-corrected chi connectivity index (χ0v) is 12.6. The van der Waals surface area contributed by atoms with Gasteiger partial charge in [-0.15, -0.1) is 0 Å². The van der Waals surface area contributed by atoms with Gasteiger partial charge in [0.25, 0.3) is 0 Å². The first-order chi connectivity index (χ1) is 7.72. The first-order valence-electron chi connectivity index (χ1n) is 4.67. The minimum Gasteiger partial charge on any atom is -0.192 e. The van der Waals surface area contributed by atoms with Crippen LogP contribution >= 0.6 is 45.2 Å². The molecule has 2 rings (SSSR count). The maximum atomic E-state index is 8.82. The van der Waals surface area contributed by atoms with Gasteiger partial charge in [-0.25, -0.2) is 0 Å². The van der Waals surface area contributed by atoms with Crippen molar-refractivity contribution in [1.29, 1.82) is 5.26 Å². The third-order valence-corrected chi connectivity index (χ3v) is 4.10. The van der Waals surface area contributed by atoms with Crippen molar-refractivity contribution in [1.82, 2.24) is 0 Å². The van der Waals surface area contributed by atoms with E-state index in [0.717, 1.165) is 3.57 Å². The molecule has 0 aliphatic carbocycles. The zero-order valence-electron chi connectivity index (χ0n) is 8.24. The Kier molecular flexibility index (Phi) is 3.82. The van der Waals surface area contributed by atoms with Gasteiger partial charge in [-0.05, 0) is 74.5 Å². The molecule has 0 N–H and O–H groups in total. The second kappa shape index (κ2) is 5.15. The fraction of sp³-hybridized carbons (Fsp3) is 0. The highest BCUT2D eigenvalue weighted by molar-refractivity contribution is 14.1. The largest absolute Gasteiger partial charge is 0.192 e. The van der Waals surface area contributed by atoms with Crippen molar-refractivity contribution in [3.05, 3.63) is 55.2 Å². The van der Waals surface area contributed by atoms with Crippen LogP contribution in [0.3, 0.4) is 0 Å². The van der Waals surface area contributed by atoms with Gasteiger partial charge in [0.15, 0.2) is 0 Å². The van der Waals surface area contributed by atoms with E-state index in [1.54, 1.807) is 0 Å². The summed E-state index contributed by atoms with van der Waals surface area (Å²) >= 11 is 4.61. The lowest BCUT2D eigenvalue weighted by molar-refractivity contribution is 1.47. The van der Waals surface area contributed by atoms with Crippen LogP contribution < -0.4 is 0 Å². The van der Waals surface area contributed by atoms with Gasteiger partial charge in [-0.3, -0.25) is 0 Å². The lowest BCUT2D eigenvalue weighted by Gasteiger charge is -2.07. The molecule has 0 radical (unpaired) electrons. The second-order valence-corrected chi connectivity index (χ2v) is 5.61. The molecule has 0 aliphatic rings. The Morgan fingerprint density at radius 1 is 0.875 bits per heavy atom. The molecule has 2 aromatic rings. The summed E-state index contributed by atoms with van der Waals surface area (Å²) in [5.41, 5.74) is 3.11. The van der Waals surface area contributed by atoms with Crippen molar-refractivity contribution in [2.24, 2.45) is 0 Å². The molecule has 0 saturated carbocycles. The molecule has 0 atom stereocenters. The third kappa shape index (κ3) is 2.38. The van der Waals surface area contributed by atoms with E-state index in [9.17, 15) is 0 Å². The molecular formula is C13H7I2N. The summed E-state index contributed by atoms with van der Waals surface area (Å²) in [7, 11) is 0. The van der Waals surface area contributed by atoms with E-state index >= 15 is 0 Å². The summed E-state index contributed by atoms with van der Waals surface area (Å²) < 4.78 is 2.34. The summed E-state index contributed by atoms with van der Waals surface area (Å²) in [6.07, 6.45) is 0. The quantitative estimate of drug-likeness (QED) is 0.614. The topological polar surface area (TPSA) is 23.8 Å². The van der Waals surface area contributed by atoms with Gasteiger partial charge in [0.2, 0.25) is 0 Å². The first kappa shape index (κ1) is 11.9. The van der Waals surface area contributed by atoms with Crippen molar-refractivity contribution < 1.29 is 0 Å². The molecule has 78 valence electrons. The van der Waals surface area contributed by atoms with Crippen LogP contribution in [0.4, 0.5) is 0 Å². The van der Waals surface area contributed by atoms with E-state index in [-0.39, 0.29) is 0 Å². The molecule has 0 spiro atoms. The highest BCUT2D eigenvalue weighted by Crippen LogP contribution is 2.29. The molecule has 3 heteroatoms. The SMILES string of the molecule is N#Cc1ccc(-c2ccccc2I)c(I)c1. The molecule has 0 fully saturated rings. The lowest BCUT2D eigenvalue weighted by Crippen LogP contribution is -1.87. The third-order valence-electron chi connectivity index (χ3n) is 2.26. The molecule has 0 aliphatic heterocycles. The Morgan fingerprint density at radius 3 is 2.19 bits per heavy atom. The van der Waals surface area contributed by atoms with E-state index in [4.69, 9.17) is 5.26 Å². The Balaban J connectivity index is 2.58. The van der Waals surface area contributed by atoms with Crippen LogP contribution in [-0.4, -0.2) is 0 Å². The average molecular weight is 431 g/mol. The highest BCUT2D eigenvalue weighted by atomic mass is 127. The number of hydrogen-bond acceptors (Lipinski definition) is 1. The van der Waals surface area contributed by atoms with E-state index in [0.29, 0.717) is 5.56 Å². The van der Waals surface area contributed by atoms with Crippen LogP contribution in [0.1, 0.15) is 5.56 Å². The summed E-state index contributed by atoms with van der Waals surface area (Å²) in [6.45, 7) is 0. The number of nitrogens with zero attached hydrogens (tertiary/aromatic N) is 1. The van der Waals surface area contributed by atoms with Gasteiger partial charge in [0.1, 0.15) is 0 Å². The van der Waals surface area contributed by atoms with Gasteiger partial charge >= 0.3 is 0 Å². The molecule has 0 heterocycles. The smallest absolute Gasteiger partial charge is 0.0991 e. The van der Waals surface area contributed by atoms with Crippen molar-refractivity contribution in [3.8, 4) is 17.2 Å². The standard InChI is InChI=1S/C13H7I2N/c14-12-4-2-1-3-10(12)11-6-5-9(8-16)7-13(11)15/h1-7H. The molecule has 0 saturated heterocycles. The summed E-state index contributed by atoms with van der Waals surface area (Å²) in [5.74, 6) is 0. The van der Waals surface area contributed by atoms with Gasteiger partial charge in [0, 0.05) is 7.14 Å². The maximum Gasteiger partial charge on any atom is 0.0991 e. The molecule has 1 nitrogen and oxygen atoms in total. The first-order valence-corrected chi connectivity index (χ1v) is 6.82. The number of benzene rings is 2. The van der Waals surface area contributed by atoms with Gasteiger partial charge < -0.3 is 0 Å². The van der Waals surface area contributed by atoms with Crippen molar-refractivity contribution in [2.45, 2.75) is 0 Å². The monoisotopic (exact) mass is 431 g/mol. The van der Waals surface area contributed by atoms with Crippen LogP contribution in [0.5, 0.6) is 0 Å². The minimum atomic E-state index is 0.707. The van der Waals surface area contributed by atoms with Crippen LogP contribution in [0.15, 0.2) is 42.5 Å². The van der Waals surface area contributed by atoms with Crippen LogP contribution in [-0.2, 0) is 0 Å². The van der Waals surface area contributed by atoms with E-state index in [2.05, 4.69) is 63.4 Å². The summed E-state index contributed by atoms with van der Waals surface area (Å²) in [5, 5.41) is 8.82. The van der Waals surface area contributed by atoms with Crippen molar-refractivity contribution >= 4 is 45.2 Å². The van der Waals surface area contributed by atoms with Crippen molar-refractivity contribution in [2.75, 3.05) is 0 Å². The normalized spacial score (nSPS) is 9.81. The Morgan fingerprint density at radius 2 is 1.56 bits per heavy atom. The van der Waals surface area contributed by atoms with Crippen LogP contribution in [0, 0.1) is 18.5 Å². The zero-order chi connectivity index (χ0) is 11.5. The highest BCUT2D eigenvalue weighted by Gasteiger charge is 2.06. The van der Waals surface area contributed by atoms with E-state index in [1.807, 2.05) is 30.3 Å². The second-order valence-electron chi connectivity index (χ2n) is 3.29. The van der Waals surface area contributed by atoms with Gasteiger partial charge in [0.05, 0.1) is 11.6 Å². The van der Waals surface area contributed by atoms with E-state index < -0.39 is 0 Å². The van der Waals surface area contributed by atoms with Gasteiger partial charge in [-0.2, -0.15) is 5.26 Å². The predicted molar refractivity (Wildman–Crippen MR) is 82.0 cm³/mol. The van der Waals surface area contributed by atoms with Crippen molar-refractivity contribution in [3.63, 3.8) is 0 Å². The average Bonchev–Trinajstić information content (AvgIpc) is 2.30. The van der Waals surface area contributed by atoms with E-state index in [1.165, 1.54) is 14.7 Å². The molecule has 2 aromatic carbocycles. The maximum absolute atomic E-state index is 8.82. The molecule has 0 amide bonds. The van der Waals surface area contributed by atoms with Crippen LogP contribution in [0.25, 0.3) is 11.1 Å². The number of rotatable bonds is 1. The molecular weight excluding hydrogens is 424 g/mol. The Hall–Kier alpha value is -0.610. The van der Waals surface area contributed by atoms with Gasteiger partial charge in [-0.1, -0.05) is 24.3 Å². The van der Waals surface area contributed by atoms with Crippen LogP contribution in [0.2, 0.25) is 0 Å². The lowest BCUT2D eigenvalue weighted by atomic mass is 10.0. The molecule has 0 unspecified atom stereocenters. The molecule has 0 aromatic heterocycles. The number of nitriles is 1. The number of halogens is 2. The fourth-order valence-corrected chi connectivity index (χ4v) is 2.97. The minimum absolute atomic E-state index is 0.707. The summed E-state index contributed by atoms with van der Waals surface area (Å²) in [4.78, 5) is 0. The molecule has 0 bridgehead atoms. The summed E-state index contributed by atoms with van der Waals surface area (Å²) in [6, 6.07) is 16.2. The Bertz CT molecular complexity index is 570. The number of hydrogen-bond donors (Lipinski definition) is 0. The Labute approximate surface area is 122 Å². The fourth-order valence-electron chi connectivity index (χ4n) is 1.48. The predicted octanol–water partition coefficient (Wildman–Crippen LogP) is 4.43.